The van der Waals surface area contributed by atoms with Gasteiger partial charge in [0.2, 0.25) is 11.8 Å². The van der Waals surface area contributed by atoms with Crippen molar-refractivity contribution in [1.82, 2.24) is 0 Å². The van der Waals surface area contributed by atoms with Gasteiger partial charge in [-0.05, 0) is 30.7 Å². The van der Waals surface area contributed by atoms with E-state index in [4.69, 9.17) is 22.1 Å². The van der Waals surface area contributed by atoms with Crippen LogP contribution >= 0.6 is 23.4 Å². The summed E-state index contributed by atoms with van der Waals surface area (Å²) in [5.74, 6) is -2.28. The van der Waals surface area contributed by atoms with Crippen LogP contribution in [-0.2, 0) is 14.4 Å². The molecule has 6 nitrogen and oxygen atoms in total. The first kappa shape index (κ1) is 18.3. The molecule has 0 saturated carbocycles. The number of ether oxygens (including phenoxy) is 1. The maximum atomic E-state index is 13.5. The van der Waals surface area contributed by atoms with Gasteiger partial charge in [0.1, 0.15) is 11.0 Å². The number of anilines is 1. The quantitative estimate of drug-likeness (QED) is 0.428. The highest BCUT2D eigenvalue weighted by Crippen LogP contribution is 2.54. The van der Waals surface area contributed by atoms with E-state index in [9.17, 15) is 14.4 Å². The number of para-hydroxylation sites is 1. The van der Waals surface area contributed by atoms with Gasteiger partial charge in [-0.2, -0.15) is 0 Å². The number of carbonyl (C=O) groups excluding carboxylic acids is 3. The highest BCUT2D eigenvalue weighted by molar-refractivity contribution is 8.04. The van der Waals surface area contributed by atoms with Crippen LogP contribution in [-0.4, -0.2) is 23.0 Å². The second-order valence-electron chi connectivity index (χ2n) is 7.19. The van der Waals surface area contributed by atoms with Gasteiger partial charge in [0.05, 0.1) is 22.2 Å². The van der Waals surface area contributed by atoms with Crippen LogP contribution in [0.5, 0.6) is 5.75 Å². The molecule has 1 fully saturated rings. The van der Waals surface area contributed by atoms with E-state index in [0.29, 0.717) is 22.0 Å². The SMILES string of the molecule is Cc1ccc(N2C(=O)C3SC(N)=C4C(=O)Oc5ccccc5C4C3C2=O)cc1Cl. The largest absolute Gasteiger partial charge is 0.423 e. The molecule has 3 aliphatic heterocycles. The van der Waals surface area contributed by atoms with Crippen LogP contribution < -0.4 is 15.4 Å². The second-order valence-corrected chi connectivity index (χ2v) is 8.78. The molecule has 0 radical (unpaired) electrons. The molecule has 3 heterocycles. The number of nitrogens with zero attached hydrogens (tertiary/aromatic N) is 1. The van der Waals surface area contributed by atoms with Gasteiger partial charge >= 0.3 is 5.97 Å². The fourth-order valence-corrected chi connectivity index (χ4v) is 5.59. The lowest BCUT2D eigenvalue weighted by Crippen LogP contribution is -2.39. The Morgan fingerprint density at radius 3 is 2.62 bits per heavy atom. The Kier molecular flexibility index (Phi) is 4.01. The number of fused-ring (bicyclic) bond motifs is 5. The van der Waals surface area contributed by atoms with E-state index < -0.39 is 23.1 Å². The summed E-state index contributed by atoms with van der Waals surface area (Å²) in [7, 11) is 0. The van der Waals surface area contributed by atoms with Gasteiger partial charge in [-0.15, -0.1) is 0 Å². The fourth-order valence-electron chi connectivity index (χ4n) is 4.18. The van der Waals surface area contributed by atoms with Gasteiger partial charge in [0.15, 0.2) is 0 Å². The molecule has 0 aromatic heterocycles. The molecule has 3 atom stereocenters. The summed E-state index contributed by atoms with van der Waals surface area (Å²) in [5, 5.41) is -0.0217. The zero-order valence-electron chi connectivity index (χ0n) is 15.2. The van der Waals surface area contributed by atoms with E-state index in [1.165, 1.54) is 0 Å². The monoisotopic (exact) mass is 426 g/mol. The first-order valence-electron chi connectivity index (χ1n) is 9.00. The molecular weight excluding hydrogens is 412 g/mol. The van der Waals surface area contributed by atoms with E-state index in [0.717, 1.165) is 22.2 Å². The molecule has 0 bridgehead atoms. The number of esters is 1. The average molecular weight is 427 g/mol. The molecular formula is C21H15ClN2O4S. The zero-order valence-corrected chi connectivity index (χ0v) is 16.8. The highest BCUT2D eigenvalue weighted by Gasteiger charge is 2.58. The van der Waals surface area contributed by atoms with Gasteiger partial charge < -0.3 is 10.5 Å². The Labute approximate surface area is 175 Å². The van der Waals surface area contributed by atoms with Crippen LogP contribution in [0, 0.1) is 12.8 Å². The summed E-state index contributed by atoms with van der Waals surface area (Å²) in [5.41, 5.74) is 8.36. The molecule has 146 valence electrons. The average Bonchev–Trinajstić information content (AvgIpc) is 2.94. The number of carbonyl (C=O) groups is 3. The summed E-state index contributed by atoms with van der Waals surface area (Å²) in [6.45, 7) is 1.84. The van der Waals surface area contributed by atoms with E-state index in [2.05, 4.69) is 0 Å². The lowest BCUT2D eigenvalue weighted by molar-refractivity contribution is -0.131. The predicted molar refractivity (Wildman–Crippen MR) is 110 cm³/mol. The third-order valence-corrected chi connectivity index (χ3v) is 7.21. The van der Waals surface area contributed by atoms with Crippen molar-refractivity contribution in [3.63, 3.8) is 0 Å². The molecule has 2 N–H and O–H groups in total. The maximum absolute atomic E-state index is 13.5. The number of rotatable bonds is 1. The fraction of sp³-hybridized carbons (Fsp3) is 0.190. The number of halogens is 1. The molecule has 3 aliphatic rings. The van der Waals surface area contributed by atoms with E-state index in [-0.39, 0.29) is 22.4 Å². The number of nitrogens with two attached hydrogens (primary N) is 1. The first-order valence-corrected chi connectivity index (χ1v) is 10.3. The summed E-state index contributed by atoms with van der Waals surface area (Å²) >= 11 is 7.27. The molecule has 2 aromatic carbocycles. The minimum atomic E-state index is -0.746. The number of hydrogen-bond donors (Lipinski definition) is 1. The van der Waals surface area contributed by atoms with E-state index in [1.54, 1.807) is 42.5 Å². The Hall–Kier alpha value is -2.77. The van der Waals surface area contributed by atoms with Crippen molar-refractivity contribution in [2.75, 3.05) is 4.90 Å². The van der Waals surface area contributed by atoms with Gasteiger partial charge in [0, 0.05) is 16.5 Å². The standard InChI is InChI=1S/C21H15ClN2O4S/c1-9-6-7-10(8-12(9)22)24-19(25)15-14-11-4-2-3-5-13(11)28-21(27)16(14)18(23)29-17(15)20(24)26/h2-8,14-15,17H,23H2,1H3. The summed E-state index contributed by atoms with van der Waals surface area (Å²) in [6.07, 6.45) is 0. The minimum Gasteiger partial charge on any atom is -0.423 e. The van der Waals surface area contributed by atoms with Crippen LogP contribution in [0.1, 0.15) is 17.0 Å². The van der Waals surface area contributed by atoms with Gasteiger partial charge in [-0.1, -0.05) is 47.6 Å². The molecule has 0 spiro atoms. The summed E-state index contributed by atoms with van der Waals surface area (Å²) in [4.78, 5) is 40.4. The van der Waals surface area contributed by atoms with Gasteiger partial charge in [0.25, 0.3) is 0 Å². The van der Waals surface area contributed by atoms with Gasteiger partial charge in [-0.25, -0.2) is 9.69 Å². The number of aryl methyl sites for hydroxylation is 1. The van der Waals surface area contributed by atoms with Crippen molar-refractivity contribution in [1.29, 1.82) is 0 Å². The minimum absolute atomic E-state index is 0.223. The smallest absolute Gasteiger partial charge is 0.342 e. The second kappa shape index (κ2) is 6.37. The Morgan fingerprint density at radius 1 is 1.10 bits per heavy atom. The molecule has 8 heteroatoms. The Bertz CT molecular complexity index is 1150. The Morgan fingerprint density at radius 2 is 1.86 bits per heavy atom. The predicted octanol–water partition coefficient (Wildman–Crippen LogP) is 3.13. The van der Waals surface area contributed by atoms with Crippen LogP contribution in [0.3, 0.4) is 0 Å². The molecule has 5 rings (SSSR count). The topological polar surface area (TPSA) is 89.7 Å². The molecule has 29 heavy (non-hydrogen) atoms. The summed E-state index contributed by atoms with van der Waals surface area (Å²) < 4.78 is 5.41. The summed E-state index contributed by atoms with van der Waals surface area (Å²) in [6, 6.07) is 12.1. The number of imide groups is 1. The van der Waals surface area contributed by atoms with Crippen molar-refractivity contribution in [2.45, 2.75) is 18.1 Å². The van der Waals surface area contributed by atoms with Crippen molar-refractivity contribution in [2.24, 2.45) is 11.7 Å². The van der Waals surface area contributed by atoms with Crippen molar-refractivity contribution in [3.8, 4) is 5.75 Å². The van der Waals surface area contributed by atoms with Gasteiger partial charge in [-0.3, -0.25) is 9.59 Å². The number of benzene rings is 2. The molecule has 2 aromatic rings. The lowest BCUT2D eigenvalue weighted by atomic mass is 9.77. The number of thioether (sulfide) groups is 1. The zero-order chi connectivity index (χ0) is 20.4. The number of hydrogen-bond acceptors (Lipinski definition) is 6. The molecule has 0 aliphatic carbocycles. The lowest BCUT2D eigenvalue weighted by Gasteiger charge is -2.36. The van der Waals surface area contributed by atoms with Crippen molar-refractivity contribution in [3.05, 3.63) is 69.2 Å². The van der Waals surface area contributed by atoms with E-state index in [1.807, 2.05) is 6.92 Å². The highest BCUT2D eigenvalue weighted by atomic mass is 35.5. The van der Waals surface area contributed by atoms with Crippen molar-refractivity contribution >= 4 is 46.8 Å². The molecule has 3 unspecified atom stereocenters. The van der Waals surface area contributed by atoms with Crippen LogP contribution in [0.15, 0.2) is 53.1 Å². The Balaban J connectivity index is 1.65. The maximum Gasteiger partial charge on any atom is 0.342 e. The third-order valence-electron chi connectivity index (χ3n) is 5.58. The number of amides is 2. The van der Waals surface area contributed by atoms with Crippen LogP contribution in [0.2, 0.25) is 5.02 Å². The normalized spacial score (nSPS) is 25.5. The van der Waals surface area contributed by atoms with Crippen LogP contribution in [0.4, 0.5) is 5.69 Å². The molecule has 1 saturated heterocycles. The van der Waals surface area contributed by atoms with Crippen LogP contribution in [0.25, 0.3) is 0 Å². The first-order chi connectivity index (χ1) is 13.9. The van der Waals surface area contributed by atoms with E-state index >= 15 is 0 Å². The van der Waals surface area contributed by atoms with Crippen molar-refractivity contribution < 1.29 is 19.1 Å². The third kappa shape index (κ3) is 2.54. The molecule has 2 amide bonds.